The molecule has 0 aliphatic carbocycles. The number of carboxylic acids is 1. The van der Waals surface area contributed by atoms with Crippen LogP contribution in [0.15, 0.2) is 0 Å². The molecule has 0 aromatic rings. The van der Waals surface area contributed by atoms with Crippen LogP contribution in [-0.4, -0.2) is 12.0 Å². The molecule has 0 saturated heterocycles. The average Bonchev–Trinajstić information content (AvgIpc) is 1.69. The van der Waals surface area contributed by atoms with Crippen LogP contribution in [0.1, 0.15) is 13.3 Å². The van der Waals surface area contributed by atoms with Gasteiger partial charge in [-0.2, -0.15) is 0 Å². The molecular formula is C5H6NO2-. The molecule has 0 aromatic heterocycles. The van der Waals surface area contributed by atoms with Gasteiger partial charge < -0.3 is 14.7 Å². The van der Waals surface area contributed by atoms with E-state index in [1.807, 2.05) is 0 Å². The number of hydrogen-bond donors (Lipinski definition) is 0. The van der Waals surface area contributed by atoms with Gasteiger partial charge in [0.25, 0.3) is 6.04 Å². The summed E-state index contributed by atoms with van der Waals surface area (Å²) in [6.45, 7) is 7.93. The van der Waals surface area contributed by atoms with E-state index in [4.69, 9.17) is 6.57 Å². The van der Waals surface area contributed by atoms with Crippen LogP contribution in [-0.2, 0) is 4.79 Å². The predicted octanol–water partition coefficient (Wildman–Crippen LogP) is -0.566. The first-order chi connectivity index (χ1) is 3.72. The monoisotopic (exact) mass is 112 g/mol. The molecule has 0 amide bonds. The van der Waals surface area contributed by atoms with E-state index in [0.29, 0.717) is 6.42 Å². The lowest BCUT2D eigenvalue weighted by Gasteiger charge is -1.99. The molecule has 0 bridgehead atoms. The molecule has 0 saturated carbocycles. The van der Waals surface area contributed by atoms with Crippen LogP contribution in [0.4, 0.5) is 0 Å². The maximum Gasteiger partial charge on any atom is 0.262 e. The van der Waals surface area contributed by atoms with Gasteiger partial charge in [-0.15, -0.1) is 0 Å². The summed E-state index contributed by atoms with van der Waals surface area (Å²) in [4.78, 5) is 12.6. The van der Waals surface area contributed by atoms with E-state index in [1.54, 1.807) is 6.92 Å². The normalized spacial score (nSPS) is 12.0. The summed E-state index contributed by atoms with van der Waals surface area (Å²) >= 11 is 0. The molecule has 0 aromatic carbocycles. The van der Waals surface area contributed by atoms with Gasteiger partial charge in [0.05, 0.1) is 0 Å². The lowest BCUT2D eigenvalue weighted by atomic mass is 10.2. The Bertz CT molecular complexity index is 125. The highest BCUT2D eigenvalue weighted by Gasteiger charge is 2.07. The van der Waals surface area contributed by atoms with Crippen molar-refractivity contribution in [2.24, 2.45) is 0 Å². The molecule has 1 unspecified atom stereocenters. The summed E-state index contributed by atoms with van der Waals surface area (Å²) in [6, 6.07) is -0.949. The molecule has 44 valence electrons. The highest BCUT2D eigenvalue weighted by Crippen LogP contribution is 1.92. The van der Waals surface area contributed by atoms with Crippen LogP contribution in [0.3, 0.4) is 0 Å². The summed E-state index contributed by atoms with van der Waals surface area (Å²) in [5.74, 6) is -1.28. The second kappa shape index (κ2) is 3.03. The van der Waals surface area contributed by atoms with Gasteiger partial charge >= 0.3 is 0 Å². The number of aliphatic carboxylic acids is 1. The van der Waals surface area contributed by atoms with E-state index in [-0.39, 0.29) is 0 Å². The van der Waals surface area contributed by atoms with Crippen LogP contribution >= 0.6 is 0 Å². The highest BCUT2D eigenvalue weighted by atomic mass is 16.4. The second-order valence-electron chi connectivity index (χ2n) is 1.37. The first-order valence-corrected chi connectivity index (χ1v) is 2.29. The fourth-order valence-electron chi connectivity index (χ4n) is 0.311. The van der Waals surface area contributed by atoms with Crippen LogP contribution in [0.2, 0.25) is 0 Å². The lowest BCUT2D eigenvalue weighted by molar-refractivity contribution is -0.306. The molecule has 0 radical (unpaired) electrons. The zero-order valence-electron chi connectivity index (χ0n) is 4.55. The maximum atomic E-state index is 9.84. The van der Waals surface area contributed by atoms with Gasteiger partial charge in [-0.1, -0.05) is 6.92 Å². The Kier molecular flexibility index (Phi) is 2.63. The molecule has 3 nitrogen and oxygen atoms in total. The first kappa shape index (κ1) is 6.96. The zero-order valence-corrected chi connectivity index (χ0v) is 4.55. The Balaban J connectivity index is 3.76. The van der Waals surface area contributed by atoms with E-state index in [2.05, 4.69) is 4.85 Å². The second-order valence-corrected chi connectivity index (χ2v) is 1.37. The minimum atomic E-state index is -1.28. The van der Waals surface area contributed by atoms with Crippen molar-refractivity contribution in [1.82, 2.24) is 0 Å². The fraction of sp³-hybridized carbons (Fsp3) is 0.600. The van der Waals surface area contributed by atoms with Crippen molar-refractivity contribution in [2.75, 3.05) is 0 Å². The Morgan fingerprint density at radius 3 is 2.50 bits per heavy atom. The average molecular weight is 112 g/mol. The van der Waals surface area contributed by atoms with Gasteiger partial charge in [-0.3, -0.25) is 0 Å². The van der Waals surface area contributed by atoms with Crippen molar-refractivity contribution >= 4 is 5.97 Å². The van der Waals surface area contributed by atoms with Crippen molar-refractivity contribution in [2.45, 2.75) is 19.4 Å². The zero-order chi connectivity index (χ0) is 6.57. The van der Waals surface area contributed by atoms with Crippen molar-refractivity contribution in [3.05, 3.63) is 11.4 Å². The summed E-state index contributed by atoms with van der Waals surface area (Å²) in [5.41, 5.74) is 0. The van der Waals surface area contributed by atoms with E-state index in [0.717, 1.165) is 0 Å². The van der Waals surface area contributed by atoms with E-state index in [1.165, 1.54) is 0 Å². The van der Waals surface area contributed by atoms with Gasteiger partial charge in [0.2, 0.25) is 0 Å². The summed E-state index contributed by atoms with van der Waals surface area (Å²) < 4.78 is 0. The summed E-state index contributed by atoms with van der Waals surface area (Å²) in [7, 11) is 0. The van der Waals surface area contributed by atoms with Gasteiger partial charge in [-0.25, -0.2) is 6.57 Å². The number of carbonyl (C=O) groups is 1. The fourth-order valence-corrected chi connectivity index (χ4v) is 0.311. The Morgan fingerprint density at radius 2 is 2.50 bits per heavy atom. The van der Waals surface area contributed by atoms with E-state index < -0.39 is 12.0 Å². The predicted molar refractivity (Wildman–Crippen MR) is 25.7 cm³/mol. The van der Waals surface area contributed by atoms with Gasteiger partial charge in [0.15, 0.2) is 0 Å². The molecule has 3 heteroatoms. The molecule has 0 aliphatic rings. The minimum Gasteiger partial charge on any atom is -0.543 e. The molecule has 0 N–H and O–H groups in total. The third kappa shape index (κ3) is 1.61. The van der Waals surface area contributed by atoms with E-state index in [9.17, 15) is 9.90 Å². The largest absolute Gasteiger partial charge is 0.543 e. The Morgan fingerprint density at radius 1 is 2.00 bits per heavy atom. The molecule has 0 rings (SSSR count). The minimum absolute atomic E-state index is 0.325. The van der Waals surface area contributed by atoms with Crippen molar-refractivity contribution in [3.63, 3.8) is 0 Å². The van der Waals surface area contributed by atoms with Crippen molar-refractivity contribution < 1.29 is 9.90 Å². The Labute approximate surface area is 47.8 Å². The van der Waals surface area contributed by atoms with Gasteiger partial charge in [0.1, 0.15) is 5.97 Å². The first-order valence-electron chi connectivity index (χ1n) is 2.29. The van der Waals surface area contributed by atoms with Crippen LogP contribution in [0.5, 0.6) is 0 Å². The standard InChI is InChI=1S/C5H7NO2/c1-3-4(6-2)5(7)8/h4H,3H2,1H3,(H,7,8)/p-1. The smallest absolute Gasteiger partial charge is 0.262 e. The Hall–Kier alpha value is -1.04. The number of hydrogen-bond acceptors (Lipinski definition) is 2. The maximum absolute atomic E-state index is 9.84. The third-order valence-corrected chi connectivity index (χ3v) is 0.815. The molecule has 0 spiro atoms. The highest BCUT2D eigenvalue weighted by molar-refractivity contribution is 5.72. The van der Waals surface area contributed by atoms with Crippen molar-refractivity contribution in [3.8, 4) is 0 Å². The van der Waals surface area contributed by atoms with Gasteiger partial charge in [-0.05, 0) is 0 Å². The van der Waals surface area contributed by atoms with Crippen molar-refractivity contribution in [1.29, 1.82) is 0 Å². The molecule has 1 atom stereocenters. The number of carbonyl (C=O) groups excluding carboxylic acids is 1. The molecule has 0 heterocycles. The third-order valence-electron chi connectivity index (χ3n) is 0.815. The molecule has 0 fully saturated rings. The summed E-state index contributed by atoms with van der Waals surface area (Å²) in [6.07, 6.45) is 0.325. The van der Waals surface area contributed by atoms with Crippen LogP contribution in [0, 0.1) is 6.57 Å². The number of carboxylic acid groups (broad SMARTS) is 1. The van der Waals surface area contributed by atoms with Crippen LogP contribution < -0.4 is 5.11 Å². The lowest BCUT2D eigenvalue weighted by Crippen LogP contribution is -2.32. The SMILES string of the molecule is [C-]#[N+]C(CC)C(=O)[O-]. The van der Waals surface area contributed by atoms with E-state index >= 15 is 0 Å². The molecular weight excluding hydrogens is 106 g/mol. The number of nitrogens with zero attached hydrogens (tertiary/aromatic N) is 1. The molecule has 0 aliphatic heterocycles. The topological polar surface area (TPSA) is 44.5 Å². The molecule has 8 heavy (non-hydrogen) atoms. The summed E-state index contributed by atoms with van der Waals surface area (Å²) in [5, 5.41) is 9.84. The van der Waals surface area contributed by atoms with Gasteiger partial charge in [0, 0.05) is 6.42 Å². The number of rotatable bonds is 2. The van der Waals surface area contributed by atoms with Crippen LogP contribution in [0.25, 0.3) is 4.85 Å². The quantitative estimate of drug-likeness (QED) is 0.449.